The minimum atomic E-state index is 0.00527. The molecule has 2 aromatic rings. The number of hydrogen-bond acceptors (Lipinski definition) is 3. The van der Waals surface area contributed by atoms with E-state index < -0.39 is 0 Å². The summed E-state index contributed by atoms with van der Waals surface area (Å²) in [5.74, 6) is 0.00527. The Hall–Kier alpha value is -1.94. The van der Waals surface area contributed by atoms with Crippen molar-refractivity contribution in [2.45, 2.75) is 12.8 Å². The van der Waals surface area contributed by atoms with Crippen molar-refractivity contribution in [3.8, 4) is 0 Å². The zero-order valence-corrected chi connectivity index (χ0v) is 10.2. The molecule has 18 heavy (non-hydrogen) atoms. The first-order valence-corrected chi connectivity index (χ1v) is 6.10. The summed E-state index contributed by atoms with van der Waals surface area (Å²) in [6.45, 7) is 1.01. The average molecular weight is 243 g/mol. The number of pyridine rings is 1. The molecular weight excluding hydrogens is 226 g/mol. The monoisotopic (exact) mass is 243 g/mol. The Kier molecular flexibility index (Phi) is 4.25. The normalized spacial score (nSPS) is 10.5. The van der Waals surface area contributed by atoms with E-state index >= 15 is 0 Å². The third-order valence-electron chi connectivity index (χ3n) is 2.80. The Morgan fingerprint density at radius 2 is 2.11 bits per heavy atom. The maximum atomic E-state index is 11.3. The van der Waals surface area contributed by atoms with Crippen LogP contribution >= 0.6 is 0 Å². The Morgan fingerprint density at radius 1 is 1.28 bits per heavy atom. The van der Waals surface area contributed by atoms with Gasteiger partial charge in [-0.3, -0.25) is 9.78 Å². The summed E-state index contributed by atoms with van der Waals surface area (Å²) >= 11 is 0. The van der Waals surface area contributed by atoms with Gasteiger partial charge >= 0.3 is 0 Å². The molecule has 94 valence electrons. The molecular formula is C14H17N3O. The van der Waals surface area contributed by atoms with E-state index in [1.165, 1.54) is 0 Å². The van der Waals surface area contributed by atoms with Gasteiger partial charge in [0.2, 0.25) is 5.91 Å². The number of carbonyl (C=O) groups is 1. The maximum Gasteiger partial charge on any atom is 0.221 e. The van der Waals surface area contributed by atoms with Crippen molar-refractivity contribution in [3.63, 3.8) is 0 Å². The van der Waals surface area contributed by atoms with Gasteiger partial charge in [-0.15, -0.1) is 0 Å². The molecule has 0 radical (unpaired) electrons. The Morgan fingerprint density at radius 3 is 2.94 bits per heavy atom. The number of aromatic nitrogens is 1. The largest absolute Gasteiger partial charge is 0.356 e. The van der Waals surface area contributed by atoms with Crippen molar-refractivity contribution in [3.05, 3.63) is 42.1 Å². The van der Waals surface area contributed by atoms with Gasteiger partial charge in [0.05, 0.1) is 5.52 Å². The summed E-state index contributed by atoms with van der Waals surface area (Å²) in [6, 6.07) is 10.1. The third-order valence-corrected chi connectivity index (χ3v) is 2.80. The van der Waals surface area contributed by atoms with Crippen LogP contribution in [0, 0.1) is 0 Å². The fourth-order valence-electron chi connectivity index (χ4n) is 1.93. The molecule has 4 heteroatoms. The number of amides is 1. The molecule has 1 amide bonds. The number of nitrogens with zero attached hydrogens (tertiary/aromatic N) is 1. The van der Waals surface area contributed by atoms with E-state index in [4.69, 9.17) is 5.73 Å². The highest BCUT2D eigenvalue weighted by atomic mass is 16.1. The lowest BCUT2D eigenvalue weighted by Gasteiger charge is -2.07. The first-order valence-electron chi connectivity index (χ1n) is 6.10. The van der Waals surface area contributed by atoms with E-state index in [1.54, 1.807) is 6.20 Å². The quantitative estimate of drug-likeness (QED) is 0.830. The molecule has 1 aromatic carbocycles. The first kappa shape index (κ1) is 12.5. The van der Waals surface area contributed by atoms with Gasteiger partial charge in [-0.2, -0.15) is 0 Å². The number of fused-ring (bicyclic) bond motifs is 1. The van der Waals surface area contributed by atoms with E-state index in [2.05, 4.69) is 10.3 Å². The number of nitrogens with one attached hydrogen (secondary N) is 1. The highest BCUT2D eigenvalue weighted by Crippen LogP contribution is 2.15. The molecule has 1 heterocycles. The zero-order valence-electron chi connectivity index (χ0n) is 10.2. The van der Waals surface area contributed by atoms with Crippen LogP contribution < -0.4 is 11.1 Å². The topological polar surface area (TPSA) is 68.0 Å². The molecule has 3 N–H and O–H groups in total. The van der Waals surface area contributed by atoms with Crippen molar-refractivity contribution in [1.82, 2.24) is 10.3 Å². The van der Waals surface area contributed by atoms with Crippen LogP contribution in [-0.2, 0) is 11.2 Å². The van der Waals surface area contributed by atoms with E-state index in [0.717, 1.165) is 22.9 Å². The van der Waals surface area contributed by atoms with Crippen molar-refractivity contribution >= 4 is 16.8 Å². The van der Waals surface area contributed by atoms with Crippen molar-refractivity contribution in [1.29, 1.82) is 0 Å². The predicted octanol–water partition coefficient (Wildman–Crippen LogP) is 1.24. The molecule has 0 aliphatic heterocycles. The number of carbonyl (C=O) groups excluding carboxylic acids is 1. The molecule has 0 aliphatic carbocycles. The molecule has 0 spiro atoms. The highest BCUT2D eigenvalue weighted by Gasteiger charge is 2.03. The average Bonchev–Trinajstić information content (AvgIpc) is 2.39. The number of benzene rings is 1. The lowest BCUT2D eigenvalue weighted by Crippen LogP contribution is -2.27. The van der Waals surface area contributed by atoms with Crippen LogP contribution in [0.5, 0.6) is 0 Å². The molecule has 0 fully saturated rings. The lowest BCUT2D eigenvalue weighted by molar-refractivity contribution is -0.120. The fraction of sp³-hybridized carbons (Fsp3) is 0.286. The second kappa shape index (κ2) is 6.12. The first-order chi connectivity index (χ1) is 8.81. The summed E-state index contributed by atoms with van der Waals surface area (Å²) in [5.41, 5.74) is 7.48. The second-order valence-electron chi connectivity index (χ2n) is 4.13. The van der Waals surface area contributed by atoms with E-state index in [0.29, 0.717) is 19.5 Å². The molecule has 0 bridgehead atoms. The summed E-state index contributed by atoms with van der Waals surface area (Å²) in [7, 11) is 0. The summed E-state index contributed by atoms with van der Waals surface area (Å²) in [5, 5.41) is 3.98. The molecule has 1 aromatic heterocycles. The maximum absolute atomic E-state index is 11.3. The number of rotatable bonds is 5. The minimum absolute atomic E-state index is 0.00527. The van der Waals surface area contributed by atoms with Gasteiger partial charge in [0.15, 0.2) is 0 Å². The van der Waals surface area contributed by atoms with Crippen molar-refractivity contribution in [2.24, 2.45) is 5.73 Å². The van der Waals surface area contributed by atoms with Crippen LogP contribution in [0.1, 0.15) is 12.0 Å². The van der Waals surface area contributed by atoms with Gasteiger partial charge in [0, 0.05) is 31.1 Å². The SMILES string of the molecule is NCCC(=O)NCCc1cccc2cccnc12. The van der Waals surface area contributed by atoms with Gasteiger partial charge in [-0.25, -0.2) is 0 Å². The number of hydrogen-bond donors (Lipinski definition) is 2. The Balaban J connectivity index is 2.01. The molecule has 0 saturated carbocycles. The van der Waals surface area contributed by atoms with Crippen molar-refractivity contribution in [2.75, 3.05) is 13.1 Å². The molecule has 0 aliphatic rings. The Bertz CT molecular complexity index is 534. The molecule has 4 nitrogen and oxygen atoms in total. The third kappa shape index (κ3) is 3.05. The summed E-state index contributed by atoms with van der Waals surface area (Å²) < 4.78 is 0. The zero-order chi connectivity index (χ0) is 12.8. The Labute approximate surface area is 106 Å². The molecule has 2 rings (SSSR count). The minimum Gasteiger partial charge on any atom is -0.356 e. The molecule has 0 unspecified atom stereocenters. The van der Waals surface area contributed by atoms with Crippen LogP contribution in [0.4, 0.5) is 0 Å². The number of nitrogens with two attached hydrogens (primary N) is 1. The standard InChI is InChI=1S/C14H17N3O/c15-8-6-13(18)16-10-7-12-4-1-3-11-5-2-9-17-14(11)12/h1-5,9H,6-8,10,15H2,(H,16,18). The second-order valence-corrected chi connectivity index (χ2v) is 4.13. The van der Waals surface area contributed by atoms with E-state index in [-0.39, 0.29) is 5.91 Å². The number of para-hydroxylation sites is 1. The van der Waals surface area contributed by atoms with Gasteiger partial charge in [-0.05, 0) is 18.1 Å². The van der Waals surface area contributed by atoms with Gasteiger partial charge < -0.3 is 11.1 Å². The van der Waals surface area contributed by atoms with Gasteiger partial charge in [0.25, 0.3) is 0 Å². The van der Waals surface area contributed by atoms with Crippen LogP contribution in [0.2, 0.25) is 0 Å². The highest BCUT2D eigenvalue weighted by molar-refractivity contribution is 5.81. The predicted molar refractivity (Wildman–Crippen MR) is 72.1 cm³/mol. The summed E-state index contributed by atoms with van der Waals surface area (Å²) in [4.78, 5) is 15.7. The van der Waals surface area contributed by atoms with Crippen molar-refractivity contribution < 1.29 is 4.79 Å². The molecule has 0 saturated heterocycles. The van der Waals surface area contributed by atoms with E-state index in [9.17, 15) is 4.79 Å². The fourth-order valence-corrected chi connectivity index (χ4v) is 1.93. The summed E-state index contributed by atoms with van der Waals surface area (Å²) in [6.07, 6.45) is 2.96. The van der Waals surface area contributed by atoms with Crippen LogP contribution in [0.3, 0.4) is 0 Å². The van der Waals surface area contributed by atoms with E-state index in [1.807, 2.05) is 30.3 Å². The lowest BCUT2D eigenvalue weighted by atomic mass is 10.1. The van der Waals surface area contributed by atoms with Crippen LogP contribution in [0.15, 0.2) is 36.5 Å². The smallest absolute Gasteiger partial charge is 0.221 e. The van der Waals surface area contributed by atoms with Crippen LogP contribution in [0.25, 0.3) is 10.9 Å². The molecule has 0 atom stereocenters. The van der Waals surface area contributed by atoms with Crippen LogP contribution in [-0.4, -0.2) is 24.0 Å². The van der Waals surface area contributed by atoms with Gasteiger partial charge in [-0.1, -0.05) is 24.3 Å². The van der Waals surface area contributed by atoms with Gasteiger partial charge in [0.1, 0.15) is 0 Å².